The first-order valence-corrected chi connectivity index (χ1v) is 11.5. The summed E-state index contributed by atoms with van der Waals surface area (Å²) in [6.45, 7) is 4.81. The summed E-state index contributed by atoms with van der Waals surface area (Å²) >= 11 is 6.29. The highest BCUT2D eigenvalue weighted by Crippen LogP contribution is 2.33. The lowest BCUT2D eigenvalue weighted by atomic mass is 10.1. The van der Waals surface area contributed by atoms with Crippen molar-refractivity contribution in [3.8, 4) is 5.75 Å². The lowest BCUT2D eigenvalue weighted by Gasteiger charge is -2.15. The van der Waals surface area contributed by atoms with Gasteiger partial charge in [-0.15, -0.1) is 10.2 Å². The van der Waals surface area contributed by atoms with Crippen LogP contribution in [0.15, 0.2) is 30.6 Å². The van der Waals surface area contributed by atoms with Crippen LogP contribution >= 0.6 is 11.6 Å². The van der Waals surface area contributed by atoms with Crippen molar-refractivity contribution in [3.63, 3.8) is 0 Å². The average molecular weight is 468 g/mol. The highest BCUT2D eigenvalue weighted by Gasteiger charge is 2.19. The summed E-state index contributed by atoms with van der Waals surface area (Å²) in [5, 5.41) is 23.6. The van der Waals surface area contributed by atoms with Gasteiger partial charge in [-0.3, -0.25) is 0 Å². The lowest BCUT2D eigenvalue weighted by Crippen LogP contribution is -2.19. The zero-order valence-electron chi connectivity index (χ0n) is 18.6. The van der Waals surface area contributed by atoms with E-state index in [1.165, 1.54) is 0 Å². The molecule has 0 saturated carbocycles. The number of anilines is 2. The van der Waals surface area contributed by atoms with Crippen molar-refractivity contribution < 1.29 is 9.47 Å². The Morgan fingerprint density at radius 2 is 2.06 bits per heavy atom. The average Bonchev–Trinajstić information content (AvgIpc) is 3.51. The van der Waals surface area contributed by atoms with E-state index >= 15 is 0 Å². The van der Waals surface area contributed by atoms with Crippen molar-refractivity contribution in [2.45, 2.75) is 39.0 Å². The molecule has 172 valence electrons. The van der Waals surface area contributed by atoms with Gasteiger partial charge in [-0.2, -0.15) is 5.10 Å². The Balaban J connectivity index is 1.50. The molecule has 0 amide bonds. The Hall–Kier alpha value is -3.17. The van der Waals surface area contributed by atoms with E-state index in [0.717, 1.165) is 53.4 Å². The number of hydrogen-bond donors (Lipinski definition) is 2. The van der Waals surface area contributed by atoms with Crippen LogP contribution in [-0.4, -0.2) is 51.3 Å². The smallest absolute Gasteiger partial charge is 0.158 e. The molecule has 1 aliphatic rings. The molecule has 0 radical (unpaired) electrons. The van der Waals surface area contributed by atoms with Crippen molar-refractivity contribution >= 4 is 45.0 Å². The molecule has 1 atom stereocenters. The Kier molecular flexibility index (Phi) is 6.15. The van der Waals surface area contributed by atoms with Gasteiger partial charge >= 0.3 is 0 Å². The first-order chi connectivity index (χ1) is 16.2. The van der Waals surface area contributed by atoms with Crippen LogP contribution in [0.3, 0.4) is 0 Å². The molecule has 9 nitrogen and oxygen atoms in total. The van der Waals surface area contributed by atoms with Gasteiger partial charge in [0.2, 0.25) is 0 Å². The van der Waals surface area contributed by atoms with Crippen LogP contribution in [-0.2, 0) is 17.8 Å². The fourth-order valence-electron chi connectivity index (χ4n) is 4.17. The molecule has 4 heterocycles. The third-order valence-electron chi connectivity index (χ3n) is 5.91. The van der Waals surface area contributed by atoms with E-state index in [0.29, 0.717) is 35.5 Å². The molecule has 1 fully saturated rings. The van der Waals surface area contributed by atoms with Crippen molar-refractivity contribution in [2.24, 2.45) is 0 Å². The summed E-state index contributed by atoms with van der Waals surface area (Å²) in [4.78, 5) is 4.67. The van der Waals surface area contributed by atoms with Gasteiger partial charge in [-0.05, 0) is 37.5 Å². The van der Waals surface area contributed by atoms with Gasteiger partial charge < -0.3 is 20.1 Å². The molecule has 2 N–H and O–H groups in total. The highest BCUT2D eigenvalue weighted by molar-refractivity contribution is 6.32. The largest absolute Gasteiger partial charge is 0.495 e. The maximum atomic E-state index is 6.29. The summed E-state index contributed by atoms with van der Waals surface area (Å²) in [5.41, 5.74) is 1.82. The number of hydrogen-bond acceptors (Lipinski definition) is 8. The van der Waals surface area contributed by atoms with Gasteiger partial charge in [-0.25, -0.2) is 9.67 Å². The van der Waals surface area contributed by atoms with E-state index < -0.39 is 0 Å². The van der Waals surface area contributed by atoms with Gasteiger partial charge in [0.15, 0.2) is 17.3 Å². The van der Waals surface area contributed by atoms with Crippen LogP contribution in [0.5, 0.6) is 5.75 Å². The molecular formula is C23H26ClN7O2. The van der Waals surface area contributed by atoms with E-state index in [1.54, 1.807) is 7.11 Å². The monoisotopic (exact) mass is 467 g/mol. The van der Waals surface area contributed by atoms with Gasteiger partial charge in [-0.1, -0.05) is 17.7 Å². The zero-order valence-corrected chi connectivity index (χ0v) is 19.4. The molecule has 0 unspecified atom stereocenters. The first-order valence-electron chi connectivity index (χ1n) is 11.1. The number of fused-ring (bicyclic) bond motifs is 3. The third-order valence-corrected chi connectivity index (χ3v) is 6.20. The van der Waals surface area contributed by atoms with Gasteiger partial charge in [0.05, 0.1) is 29.8 Å². The second-order valence-corrected chi connectivity index (χ2v) is 8.39. The van der Waals surface area contributed by atoms with Crippen molar-refractivity contribution in [3.05, 3.63) is 41.2 Å². The summed E-state index contributed by atoms with van der Waals surface area (Å²) in [6.07, 6.45) is 6.02. The third kappa shape index (κ3) is 4.26. The van der Waals surface area contributed by atoms with Crippen molar-refractivity contribution in [2.75, 3.05) is 30.9 Å². The Labute approximate surface area is 196 Å². The number of nitrogens with zero attached hydrogens (tertiary/aromatic N) is 5. The molecule has 0 aliphatic carbocycles. The summed E-state index contributed by atoms with van der Waals surface area (Å²) in [7, 11) is 1.60. The fraction of sp³-hybridized carbons (Fsp3) is 0.391. The molecule has 1 saturated heterocycles. The molecule has 33 heavy (non-hydrogen) atoms. The van der Waals surface area contributed by atoms with Crippen molar-refractivity contribution in [1.29, 1.82) is 0 Å². The van der Waals surface area contributed by atoms with E-state index in [-0.39, 0.29) is 6.10 Å². The fourth-order valence-corrected chi connectivity index (χ4v) is 4.45. The number of rotatable bonds is 8. The molecule has 4 aromatic rings. The minimum absolute atomic E-state index is 0.194. The second kappa shape index (κ2) is 9.36. The van der Waals surface area contributed by atoms with Crippen LogP contribution in [0, 0.1) is 0 Å². The molecule has 3 aromatic heterocycles. The number of benzene rings is 1. The summed E-state index contributed by atoms with van der Waals surface area (Å²) < 4.78 is 12.9. The number of aryl methyl sites for hydroxylation is 1. The standard InChI is InChI=1S/C23H26ClN7O2/c1-3-31-23-17(13-28-31)20-16(12-27-23)21(26-11-15-5-4-8-33-15)29-30-22(20)25-10-14-6-7-19(32-2)18(24)9-14/h6-7,9,12-13,15H,3-5,8,10-11H2,1-2H3,(H,25,30)(H,26,29)/t15-/m1/s1. The normalized spacial score (nSPS) is 15.9. The van der Waals surface area contributed by atoms with Gasteiger partial charge in [0, 0.05) is 43.2 Å². The molecule has 5 rings (SSSR count). The molecule has 1 aromatic carbocycles. The Bertz CT molecular complexity index is 1290. The Morgan fingerprint density at radius 1 is 1.18 bits per heavy atom. The van der Waals surface area contributed by atoms with E-state index in [9.17, 15) is 0 Å². The van der Waals surface area contributed by atoms with Crippen LogP contribution in [0.4, 0.5) is 11.6 Å². The molecular weight excluding hydrogens is 442 g/mol. The minimum Gasteiger partial charge on any atom is -0.495 e. The predicted molar refractivity (Wildman–Crippen MR) is 129 cm³/mol. The minimum atomic E-state index is 0.194. The molecule has 0 bridgehead atoms. The number of nitrogens with one attached hydrogen (secondary N) is 2. The quantitative estimate of drug-likeness (QED) is 0.396. The second-order valence-electron chi connectivity index (χ2n) is 7.98. The van der Waals surface area contributed by atoms with Crippen LogP contribution in [0.2, 0.25) is 5.02 Å². The van der Waals surface area contributed by atoms with Crippen LogP contribution in [0.25, 0.3) is 21.8 Å². The SMILES string of the molecule is CCn1ncc2c3c(NCc4ccc(OC)c(Cl)c4)nnc(NC[C@H]4CCCO4)c3cnc21. The summed E-state index contributed by atoms with van der Waals surface area (Å²) in [5.74, 6) is 2.01. The van der Waals surface area contributed by atoms with Crippen LogP contribution in [0.1, 0.15) is 25.3 Å². The Morgan fingerprint density at radius 3 is 2.82 bits per heavy atom. The van der Waals surface area contributed by atoms with E-state index in [4.69, 9.17) is 21.1 Å². The lowest BCUT2D eigenvalue weighted by molar-refractivity contribution is 0.120. The number of halogens is 1. The van der Waals surface area contributed by atoms with Crippen LogP contribution < -0.4 is 15.4 Å². The maximum Gasteiger partial charge on any atom is 0.158 e. The molecule has 10 heteroatoms. The molecule has 1 aliphatic heterocycles. The van der Waals surface area contributed by atoms with Crippen molar-refractivity contribution in [1.82, 2.24) is 25.0 Å². The van der Waals surface area contributed by atoms with E-state index in [2.05, 4.69) is 30.9 Å². The zero-order chi connectivity index (χ0) is 22.8. The molecule has 0 spiro atoms. The number of ether oxygens (including phenoxy) is 2. The topological polar surface area (TPSA) is 99.0 Å². The summed E-state index contributed by atoms with van der Waals surface area (Å²) in [6, 6.07) is 5.71. The number of aromatic nitrogens is 5. The van der Waals surface area contributed by atoms with E-state index in [1.807, 2.05) is 42.2 Å². The number of methoxy groups -OCH3 is 1. The van der Waals surface area contributed by atoms with Gasteiger partial charge in [0.25, 0.3) is 0 Å². The maximum absolute atomic E-state index is 6.29. The predicted octanol–water partition coefficient (Wildman–Crippen LogP) is 4.26. The highest BCUT2D eigenvalue weighted by atomic mass is 35.5. The van der Waals surface area contributed by atoms with Gasteiger partial charge in [0.1, 0.15) is 5.75 Å². The first kappa shape index (κ1) is 21.7. The number of pyridine rings is 1.